The monoisotopic (exact) mass is 351 g/mol. The van der Waals surface area contributed by atoms with Crippen LogP contribution in [0.4, 0.5) is 10.1 Å². The van der Waals surface area contributed by atoms with Gasteiger partial charge in [-0.05, 0) is 64.6 Å². The van der Waals surface area contributed by atoms with Crippen LogP contribution in [0.3, 0.4) is 0 Å². The van der Waals surface area contributed by atoms with Gasteiger partial charge in [0.05, 0.1) is 0 Å². The van der Waals surface area contributed by atoms with E-state index >= 15 is 0 Å². The highest BCUT2D eigenvalue weighted by Gasteiger charge is 2.33. The lowest BCUT2D eigenvalue weighted by molar-refractivity contribution is 0.322. The fourth-order valence-electron chi connectivity index (χ4n) is 3.85. The van der Waals surface area contributed by atoms with E-state index in [0.29, 0.717) is 5.92 Å². The summed E-state index contributed by atoms with van der Waals surface area (Å²) in [5.74, 6) is 1.16. The fourth-order valence-corrected chi connectivity index (χ4v) is 3.85. The van der Waals surface area contributed by atoms with Crippen LogP contribution in [-0.4, -0.2) is 34.3 Å². The van der Waals surface area contributed by atoms with Gasteiger partial charge in [0.15, 0.2) is 5.82 Å². The van der Waals surface area contributed by atoms with Gasteiger partial charge in [0, 0.05) is 32.2 Å². The highest BCUT2D eigenvalue weighted by atomic mass is 19.1. The predicted octanol–water partition coefficient (Wildman–Crippen LogP) is 3.27. The highest BCUT2D eigenvalue weighted by Crippen LogP contribution is 2.38. The van der Waals surface area contributed by atoms with Gasteiger partial charge in [0.1, 0.15) is 5.82 Å². The summed E-state index contributed by atoms with van der Waals surface area (Å²) in [7, 11) is 4.06. The molecular weight excluding hydrogens is 329 g/mol. The third-order valence-corrected chi connectivity index (χ3v) is 5.18. The Morgan fingerprint density at radius 3 is 2.69 bits per heavy atom. The van der Waals surface area contributed by atoms with Crippen LogP contribution in [0.1, 0.15) is 29.3 Å². The first-order valence-corrected chi connectivity index (χ1v) is 8.89. The van der Waals surface area contributed by atoms with Gasteiger partial charge in [-0.1, -0.05) is 24.3 Å². The Kier molecular flexibility index (Phi) is 4.41. The molecule has 0 aliphatic carbocycles. The van der Waals surface area contributed by atoms with Gasteiger partial charge in [-0.3, -0.25) is 0 Å². The summed E-state index contributed by atoms with van der Waals surface area (Å²) in [5, 5.41) is 12.3. The summed E-state index contributed by atoms with van der Waals surface area (Å²) in [4.78, 5) is 2.08. The van der Waals surface area contributed by atoms with Crippen molar-refractivity contribution in [1.82, 2.24) is 20.2 Å². The van der Waals surface area contributed by atoms with Crippen molar-refractivity contribution in [2.24, 2.45) is 5.92 Å². The first-order chi connectivity index (χ1) is 12.6. The minimum atomic E-state index is -0.185. The van der Waals surface area contributed by atoms with Crippen molar-refractivity contribution in [3.05, 3.63) is 71.3 Å². The van der Waals surface area contributed by atoms with E-state index in [1.165, 1.54) is 11.6 Å². The summed E-state index contributed by atoms with van der Waals surface area (Å²) in [6.07, 6.45) is 1.78. The highest BCUT2D eigenvalue weighted by molar-refractivity contribution is 5.47. The third-order valence-electron chi connectivity index (χ3n) is 5.18. The third kappa shape index (κ3) is 3.19. The molecule has 2 atom stereocenters. The second-order valence-electron chi connectivity index (χ2n) is 7.11. The van der Waals surface area contributed by atoms with Gasteiger partial charge in [-0.2, -0.15) is 0 Å². The molecule has 1 aliphatic rings. The molecule has 2 heterocycles. The van der Waals surface area contributed by atoms with Crippen LogP contribution in [0.25, 0.3) is 0 Å². The number of halogens is 1. The average molecular weight is 351 g/mol. The zero-order valence-corrected chi connectivity index (χ0v) is 15.0. The van der Waals surface area contributed by atoms with Crippen molar-refractivity contribution in [2.45, 2.75) is 25.3 Å². The first kappa shape index (κ1) is 16.7. The molecule has 0 amide bonds. The Labute approximate surface area is 152 Å². The Morgan fingerprint density at radius 2 is 1.96 bits per heavy atom. The summed E-state index contributed by atoms with van der Waals surface area (Å²) < 4.78 is 15.5. The second-order valence-corrected chi connectivity index (χ2v) is 7.11. The summed E-state index contributed by atoms with van der Waals surface area (Å²) in [6, 6.07) is 15.4. The van der Waals surface area contributed by atoms with E-state index in [2.05, 4.69) is 44.7 Å². The summed E-state index contributed by atoms with van der Waals surface area (Å²) >= 11 is 0. The van der Waals surface area contributed by atoms with Gasteiger partial charge >= 0.3 is 0 Å². The zero-order valence-electron chi connectivity index (χ0n) is 15.0. The molecule has 0 saturated carbocycles. The minimum absolute atomic E-state index is 0.109. The molecule has 0 saturated heterocycles. The molecule has 1 aromatic heterocycles. The fraction of sp³-hybridized carbons (Fsp3) is 0.350. The molecule has 3 aromatic rings. The topological polar surface area (TPSA) is 46.8 Å². The quantitative estimate of drug-likeness (QED) is 0.724. The van der Waals surface area contributed by atoms with Gasteiger partial charge < -0.3 is 4.90 Å². The number of rotatable bonds is 4. The van der Waals surface area contributed by atoms with Crippen LogP contribution in [0.5, 0.6) is 0 Å². The molecule has 5 nitrogen and oxygen atoms in total. The molecule has 2 unspecified atom stereocenters. The molecule has 0 N–H and O–H groups in total. The largest absolute Gasteiger partial charge is 0.378 e. The lowest BCUT2D eigenvalue weighted by Gasteiger charge is -2.31. The Hall–Kier alpha value is -2.76. The number of anilines is 1. The van der Waals surface area contributed by atoms with Crippen LogP contribution in [0.15, 0.2) is 48.5 Å². The summed E-state index contributed by atoms with van der Waals surface area (Å²) in [6.45, 7) is 0.800. The molecule has 0 bridgehead atoms. The van der Waals surface area contributed by atoms with Crippen LogP contribution in [0.2, 0.25) is 0 Å². The smallest absolute Gasteiger partial charge is 0.158 e. The van der Waals surface area contributed by atoms with E-state index in [4.69, 9.17) is 0 Å². The number of fused-ring (bicyclic) bond motifs is 1. The second kappa shape index (κ2) is 6.86. The molecule has 1 aliphatic heterocycles. The molecule has 2 aromatic carbocycles. The van der Waals surface area contributed by atoms with E-state index in [1.54, 1.807) is 12.1 Å². The Balaban J connectivity index is 1.69. The standard InChI is InChI=1S/C20H22FN5/c1-25(2)18-8-6-15(7-9-18)19-16(10-11-26-20(19)22-23-24-26)12-14-4-3-5-17(21)13-14/h3-9,13,16,19H,10-12H2,1-2H3. The maximum atomic E-state index is 13.6. The van der Waals surface area contributed by atoms with Crippen molar-refractivity contribution in [2.75, 3.05) is 19.0 Å². The Bertz CT molecular complexity index is 887. The van der Waals surface area contributed by atoms with Crippen LogP contribution >= 0.6 is 0 Å². The van der Waals surface area contributed by atoms with Crippen molar-refractivity contribution in [1.29, 1.82) is 0 Å². The van der Waals surface area contributed by atoms with E-state index in [9.17, 15) is 4.39 Å². The van der Waals surface area contributed by atoms with Gasteiger partial charge in [0.2, 0.25) is 0 Å². The van der Waals surface area contributed by atoms with Crippen molar-refractivity contribution in [3.63, 3.8) is 0 Å². The molecule has 0 fully saturated rings. The van der Waals surface area contributed by atoms with Gasteiger partial charge in [-0.25, -0.2) is 9.07 Å². The molecule has 0 radical (unpaired) electrons. The van der Waals surface area contributed by atoms with Crippen molar-refractivity contribution in [3.8, 4) is 0 Å². The molecule has 6 heteroatoms. The minimum Gasteiger partial charge on any atom is -0.378 e. The van der Waals surface area contributed by atoms with E-state index in [-0.39, 0.29) is 11.7 Å². The van der Waals surface area contributed by atoms with E-state index in [1.807, 2.05) is 24.8 Å². The van der Waals surface area contributed by atoms with Gasteiger partial charge in [-0.15, -0.1) is 5.10 Å². The van der Waals surface area contributed by atoms with Crippen molar-refractivity contribution >= 4 is 5.69 Å². The SMILES string of the molecule is CN(C)c1ccc(C2c3nnnn3CCC2Cc2cccc(F)c2)cc1. The lowest BCUT2D eigenvalue weighted by atomic mass is 9.78. The number of aryl methyl sites for hydroxylation is 1. The number of tetrazole rings is 1. The summed E-state index contributed by atoms with van der Waals surface area (Å²) in [5.41, 5.74) is 3.38. The molecule has 0 spiro atoms. The maximum Gasteiger partial charge on any atom is 0.158 e. The van der Waals surface area contributed by atoms with Crippen molar-refractivity contribution < 1.29 is 4.39 Å². The normalized spacial score (nSPS) is 19.2. The number of aromatic nitrogens is 4. The zero-order chi connectivity index (χ0) is 18.1. The first-order valence-electron chi connectivity index (χ1n) is 8.89. The number of hydrogen-bond donors (Lipinski definition) is 0. The average Bonchev–Trinajstić information content (AvgIpc) is 3.10. The Morgan fingerprint density at radius 1 is 1.15 bits per heavy atom. The molecule has 134 valence electrons. The number of hydrogen-bond acceptors (Lipinski definition) is 4. The number of benzene rings is 2. The molecule has 26 heavy (non-hydrogen) atoms. The molecular formula is C20H22FN5. The van der Waals surface area contributed by atoms with Crippen LogP contribution in [0, 0.1) is 11.7 Å². The van der Waals surface area contributed by atoms with E-state index in [0.717, 1.165) is 36.5 Å². The predicted molar refractivity (Wildman–Crippen MR) is 98.6 cm³/mol. The molecule has 4 rings (SSSR count). The van der Waals surface area contributed by atoms with Gasteiger partial charge in [0.25, 0.3) is 0 Å². The van der Waals surface area contributed by atoms with Crippen LogP contribution < -0.4 is 4.90 Å². The maximum absolute atomic E-state index is 13.6. The van der Waals surface area contributed by atoms with E-state index < -0.39 is 0 Å². The lowest BCUT2D eigenvalue weighted by Crippen LogP contribution is -2.28. The number of nitrogens with zero attached hydrogens (tertiary/aromatic N) is 5. The van der Waals surface area contributed by atoms with Crippen LogP contribution in [-0.2, 0) is 13.0 Å².